The van der Waals surface area contributed by atoms with Crippen LogP contribution in [0.5, 0.6) is 11.5 Å². The number of rotatable bonds is 5. The van der Waals surface area contributed by atoms with Gasteiger partial charge >= 0.3 is 0 Å². The van der Waals surface area contributed by atoms with Crippen molar-refractivity contribution in [1.29, 1.82) is 0 Å². The van der Waals surface area contributed by atoms with Gasteiger partial charge in [0, 0.05) is 0 Å². The van der Waals surface area contributed by atoms with Crippen molar-refractivity contribution in [2.24, 2.45) is 0 Å². The zero-order valence-electron chi connectivity index (χ0n) is 12.5. The summed E-state index contributed by atoms with van der Waals surface area (Å²) in [4.78, 5) is 0. The molecule has 1 aliphatic heterocycles. The molecule has 0 unspecified atom stereocenters. The highest BCUT2D eigenvalue weighted by Gasteiger charge is 2.38. The Morgan fingerprint density at radius 1 is 1.16 bits per heavy atom. The lowest BCUT2D eigenvalue weighted by Gasteiger charge is -2.36. The first-order valence-electron chi connectivity index (χ1n) is 6.81. The van der Waals surface area contributed by atoms with Crippen molar-refractivity contribution in [3.05, 3.63) is 24.3 Å². The smallest absolute Gasteiger partial charge is 0.250 e. The van der Waals surface area contributed by atoms with Gasteiger partial charge in [0.05, 0.1) is 6.61 Å². The van der Waals surface area contributed by atoms with E-state index < -0.39 is 8.32 Å². The molecule has 1 heterocycles. The Kier molecular flexibility index (Phi) is 3.92. The lowest BCUT2D eigenvalue weighted by molar-refractivity contribution is 0.263. The zero-order chi connectivity index (χ0) is 14.1. The Balaban J connectivity index is 1.94. The zero-order valence-corrected chi connectivity index (χ0v) is 13.5. The molecule has 0 aliphatic carbocycles. The Bertz CT molecular complexity index is 416. The van der Waals surface area contributed by atoms with Gasteiger partial charge in [0.25, 0.3) is 0 Å². The van der Waals surface area contributed by atoms with E-state index in [4.69, 9.17) is 13.9 Å². The van der Waals surface area contributed by atoms with Crippen LogP contribution in [-0.4, -0.2) is 27.6 Å². The van der Waals surface area contributed by atoms with Gasteiger partial charge in [-0.2, -0.15) is 0 Å². The van der Waals surface area contributed by atoms with Gasteiger partial charge in [0.15, 0.2) is 0 Å². The van der Waals surface area contributed by atoms with Crippen LogP contribution in [0.3, 0.4) is 0 Å². The van der Waals surface area contributed by atoms with Gasteiger partial charge in [-0.1, -0.05) is 20.8 Å². The van der Waals surface area contributed by atoms with E-state index in [2.05, 4.69) is 33.9 Å². The third kappa shape index (κ3) is 3.98. The third-order valence-corrected chi connectivity index (χ3v) is 8.20. The summed E-state index contributed by atoms with van der Waals surface area (Å²) in [6.07, 6.45) is 0.295. The van der Waals surface area contributed by atoms with E-state index in [1.807, 2.05) is 24.3 Å². The van der Waals surface area contributed by atoms with Gasteiger partial charge in [0.2, 0.25) is 8.32 Å². The molecule has 1 saturated heterocycles. The van der Waals surface area contributed by atoms with Crippen molar-refractivity contribution >= 4 is 8.32 Å². The first-order chi connectivity index (χ1) is 8.78. The Morgan fingerprint density at radius 2 is 1.68 bits per heavy atom. The van der Waals surface area contributed by atoms with Crippen molar-refractivity contribution < 1.29 is 13.9 Å². The quantitative estimate of drug-likeness (QED) is 0.606. The lowest BCUT2D eigenvalue weighted by Crippen LogP contribution is -2.43. The van der Waals surface area contributed by atoms with E-state index in [0.717, 1.165) is 18.1 Å². The fourth-order valence-electron chi connectivity index (χ4n) is 1.41. The number of epoxide rings is 1. The molecule has 0 aromatic heterocycles. The van der Waals surface area contributed by atoms with E-state index in [0.29, 0.717) is 12.7 Å². The van der Waals surface area contributed by atoms with Crippen LogP contribution in [0.2, 0.25) is 18.1 Å². The minimum Gasteiger partial charge on any atom is -0.543 e. The molecule has 1 aliphatic rings. The summed E-state index contributed by atoms with van der Waals surface area (Å²) in [7, 11) is -1.75. The van der Waals surface area contributed by atoms with Crippen LogP contribution in [-0.2, 0) is 4.74 Å². The maximum Gasteiger partial charge on any atom is 0.250 e. The minimum atomic E-state index is -1.75. The maximum atomic E-state index is 6.22. The second kappa shape index (κ2) is 5.17. The summed E-state index contributed by atoms with van der Waals surface area (Å²) in [5.41, 5.74) is 0. The monoisotopic (exact) mass is 280 g/mol. The molecule has 2 rings (SSSR count). The Labute approximate surface area is 117 Å². The number of hydrogen-bond donors (Lipinski definition) is 0. The largest absolute Gasteiger partial charge is 0.543 e. The molecule has 1 aromatic carbocycles. The first kappa shape index (κ1) is 14.4. The number of ether oxygens (including phenoxy) is 2. The summed E-state index contributed by atoms with van der Waals surface area (Å²) in [5, 5.41) is 0.214. The highest BCUT2D eigenvalue weighted by molar-refractivity contribution is 6.74. The fourth-order valence-corrected chi connectivity index (χ4v) is 2.44. The second-order valence-electron chi connectivity index (χ2n) is 6.60. The van der Waals surface area contributed by atoms with Crippen LogP contribution in [0, 0.1) is 0 Å². The van der Waals surface area contributed by atoms with Gasteiger partial charge in [0.1, 0.15) is 24.2 Å². The van der Waals surface area contributed by atoms with Gasteiger partial charge in [-0.3, -0.25) is 0 Å². The molecule has 1 fully saturated rings. The molecule has 0 radical (unpaired) electrons. The molecule has 0 N–H and O–H groups in total. The van der Waals surface area contributed by atoms with Crippen molar-refractivity contribution in [3.63, 3.8) is 0 Å². The molecule has 106 valence electrons. The molecule has 0 bridgehead atoms. The van der Waals surface area contributed by atoms with E-state index in [1.54, 1.807) is 0 Å². The molecule has 19 heavy (non-hydrogen) atoms. The predicted octanol–water partition coefficient (Wildman–Crippen LogP) is 3.85. The van der Waals surface area contributed by atoms with Crippen LogP contribution in [0.25, 0.3) is 0 Å². The van der Waals surface area contributed by atoms with Crippen molar-refractivity contribution in [1.82, 2.24) is 0 Å². The van der Waals surface area contributed by atoms with Crippen LogP contribution in [0.15, 0.2) is 24.3 Å². The molecule has 0 spiro atoms. The van der Waals surface area contributed by atoms with Gasteiger partial charge in [-0.05, 0) is 42.4 Å². The van der Waals surface area contributed by atoms with Crippen molar-refractivity contribution in [2.75, 3.05) is 13.2 Å². The van der Waals surface area contributed by atoms with Gasteiger partial charge < -0.3 is 13.9 Å². The lowest BCUT2D eigenvalue weighted by atomic mass is 10.2. The summed E-state index contributed by atoms with van der Waals surface area (Å²) in [6.45, 7) is 12.7. The first-order valence-corrected chi connectivity index (χ1v) is 9.72. The molecule has 4 heteroatoms. The molecule has 0 amide bonds. The normalized spacial score (nSPS) is 19.1. The molecule has 0 saturated carbocycles. The van der Waals surface area contributed by atoms with E-state index in [1.165, 1.54) is 0 Å². The van der Waals surface area contributed by atoms with Crippen LogP contribution < -0.4 is 9.16 Å². The number of benzene rings is 1. The van der Waals surface area contributed by atoms with E-state index in [-0.39, 0.29) is 5.04 Å². The molecule has 1 atom stereocenters. The topological polar surface area (TPSA) is 31.0 Å². The molecule has 3 nitrogen and oxygen atoms in total. The second-order valence-corrected chi connectivity index (χ2v) is 11.3. The predicted molar refractivity (Wildman–Crippen MR) is 79.5 cm³/mol. The Morgan fingerprint density at radius 3 is 2.16 bits per heavy atom. The number of hydrogen-bond acceptors (Lipinski definition) is 3. The summed E-state index contributed by atoms with van der Waals surface area (Å²) in [6, 6.07) is 7.91. The van der Waals surface area contributed by atoms with Gasteiger partial charge in [-0.25, -0.2) is 0 Å². The SMILES string of the molecule is CC(C)(C)[Si](C)(C)Oc1ccc(OC[C@@H]2CO2)cc1. The van der Waals surface area contributed by atoms with Crippen molar-refractivity contribution in [2.45, 2.75) is 45.0 Å². The van der Waals surface area contributed by atoms with Crippen LogP contribution >= 0.6 is 0 Å². The average molecular weight is 280 g/mol. The molecular formula is C15H24O3Si. The van der Waals surface area contributed by atoms with Crippen LogP contribution in [0.1, 0.15) is 20.8 Å². The van der Waals surface area contributed by atoms with E-state index >= 15 is 0 Å². The summed E-state index contributed by atoms with van der Waals surface area (Å²) in [5.74, 6) is 1.81. The summed E-state index contributed by atoms with van der Waals surface area (Å²) < 4.78 is 16.9. The Hall–Kier alpha value is -1.00. The fraction of sp³-hybridized carbons (Fsp3) is 0.600. The molecular weight excluding hydrogens is 256 g/mol. The average Bonchev–Trinajstić information content (AvgIpc) is 3.10. The van der Waals surface area contributed by atoms with Crippen LogP contribution in [0.4, 0.5) is 0 Å². The third-order valence-electron chi connectivity index (χ3n) is 3.84. The minimum absolute atomic E-state index is 0.214. The highest BCUT2D eigenvalue weighted by Crippen LogP contribution is 2.37. The standard InChI is InChI=1S/C15H24O3Si/c1-15(2,3)19(4,5)18-13-8-6-12(7-9-13)16-10-14-11-17-14/h6-9,14H,10-11H2,1-5H3/t14-/m1/s1. The summed E-state index contributed by atoms with van der Waals surface area (Å²) >= 11 is 0. The van der Waals surface area contributed by atoms with Crippen molar-refractivity contribution in [3.8, 4) is 11.5 Å². The van der Waals surface area contributed by atoms with Gasteiger partial charge in [-0.15, -0.1) is 0 Å². The highest BCUT2D eigenvalue weighted by atomic mass is 28.4. The maximum absolute atomic E-state index is 6.22. The van der Waals surface area contributed by atoms with E-state index in [9.17, 15) is 0 Å². The molecule has 1 aromatic rings.